The van der Waals surface area contributed by atoms with Crippen LogP contribution in [-0.4, -0.2) is 10.8 Å². The second kappa shape index (κ2) is 5.02. The van der Waals surface area contributed by atoms with Gasteiger partial charge in [0.2, 0.25) is 0 Å². The van der Waals surface area contributed by atoms with Crippen molar-refractivity contribution in [1.82, 2.24) is 4.98 Å². The minimum atomic E-state index is -0.0424. The molecule has 106 valence electrons. The van der Waals surface area contributed by atoms with E-state index in [-0.39, 0.29) is 6.04 Å². The van der Waals surface area contributed by atoms with Gasteiger partial charge in [-0.05, 0) is 60.9 Å². The Morgan fingerprint density at radius 1 is 0.952 bits per heavy atom. The maximum atomic E-state index is 12.3. The molecule has 4 rings (SSSR count). The van der Waals surface area contributed by atoms with Crippen molar-refractivity contribution in [2.75, 3.05) is 0 Å². The fraction of sp³-hybridized carbons (Fsp3) is 0.412. The molecule has 0 N–H and O–H groups in total. The monoisotopic (exact) mass is 279 g/mol. The van der Waals surface area contributed by atoms with Crippen LogP contribution in [0.15, 0.2) is 57.2 Å². The minimum absolute atomic E-state index is 0.0424. The largest absolute Gasteiger partial charge is 0.295 e. The van der Waals surface area contributed by atoms with E-state index < -0.39 is 0 Å². The molecular weight excluding hydrogens is 262 g/mol. The van der Waals surface area contributed by atoms with E-state index in [1.807, 2.05) is 12.1 Å². The lowest BCUT2D eigenvalue weighted by atomic mass is 9.81. The molecule has 1 atom stereocenters. The number of fused-ring (bicyclic) bond motifs is 1. The maximum absolute atomic E-state index is 12.3. The van der Waals surface area contributed by atoms with Gasteiger partial charge in [0.15, 0.2) is 5.78 Å². The summed E-state index contributed by atoms with van der Waals surface area (Å²) in [4.78, 5) is 16.4. The van der Waals surface area contributed by atoms with Crippen LogP contribution in [0.5, 0.6) is 0 Å². The normalized spacial score (nSPS) is 25.0. The summed E-state index contributed by atoms with van der Waals surface area (Å²) in [5, 5.41) is 8.88. The van der Waals surface area contributed by atoms with Gasteiger partial charge >= 0.3 is 0 Å². The summed E-state index contributed by atoms with van der Waals surface area (Å²) in [5.74, 6) is 0.342. The molecule has 2 aliphatic carbocycles. The highest BCUT2D eigenvalue weighted by Crippen LogP contribution is 2.47. The van der Waals surface area contributed by atoms with Gasteiger partial charge in [0.25, 0.3) is 0 Å². The first-order valence-corrected chi connectivity index (χ1v) is 7.64. The second-order valence-corrected chi connectivity index (χ2v) is 5.85. The number of carbonyl (C=O) groups excluding carboxylic acids is 1. The van der Waals surface area contributed by atoms with Gasteiger partial charge in [-0.15, -0.1) is 0 Å². The molecule has 0 aromatic carbocycles. The predicted octanol–water partition coefficient (Wildman–Crippen LogP) is 4.08. The molecule has 4 nitrogen and oxygen atoms in total. The summed E-state index contributed by atoms with van der Waals surface area (Å²) >= 11 is 0. The fourth-order valence-electron chi connectivity index (χ4n) is 3.59. The molecule has 4 heteroatoms. The standard InChI is InChI=1S/C17H17N3O/c21-15-4-2-1-3-13-12(15)5-6-14-16(13)17(20-19-14)11-7-9-18-10-8-11/h7-10,17H,1-6H2. The lowest BCUT2D eigenvalue weighted by Gasteiger charge is -2.22. The van der Waals surface area contributed by atoms with E-state index in [4.69, 9.17) is 0 Å². The number of hydrogen-bond acceptors (Lipinski definition) is 4. The fourth-order valence-corrected chi connectivity index (χ4v) is 3.59. The Morgan fingerprint density at radius 3 is 2.62 bits per heavy atom. The third-order valence-corrected chi connectivity index (χ3v) is 4.62. The van der Waals surface area contributed by atoms with Gasteiger partial charge in [0.1, 0.15) is 6.04 Å². The number of carbonyl (C=O) groups is 1. The average molecular weight is 279 g/mol. The van der Waals surface area contributed by atoms with Crippen LogP contribution < -0.4 is 0 Å². The van der Waals surface area contributed by atoms with E-state index in [1.165, 1.54) is 11.1 Å². The molecule has 1 aliphatic heterocycles. The highest BCUT2D eigenvalue weighted by atomic mass is 16.1. The van der Waals surface area contributed by atoms with Gasteiger partial charge in [0.05, 0.1) is 5.70 Å². The first-order valence-electron chi connectivity index (χ1n) is 7.64. The number of pyridine rings is 1. The number of rotatable bonds is 1. The van der Waals surface area contributed by atoms with Gasteiger partial charge < -0.3 is 0 Å². The van der Waals surface area contributed by atoms with Gasteiger partial charge in [-0.25, -0.2) is 0 Å². The number of ketones is 1. The van der Waals surface area contributed by atoms with Crippen LogP contribution in [0.1, 0.15) is 50.1 Å². The molecule has 0 saturated heterocycles. The molecule has 0 fully saturated rings. The molecule has 1 aromatic heterocycles. The Hall–Kier alpha value is -2.10. The van der Waals surface area contributed by atoms with Crippen molar-refractivity contribution in [3.05, 3.63) is 52.5 Å². The predicted molar refractivity (Wildman–Crippen MR) is 78.6 cm³/mol. The van der Waals surface area contributed by atoms with E-state index in [0.29, 0.717) is 12.2 Å². The Balaban J connectivity index is 1.80. The Bertz CT molecular complexity index is 685. The van der Waals surface area contributed by atoms with E-state index in [2.05, 4.69) is 15.2 Å². The molecule has 2 heterocycles. The molecule has 0 bridgehead atoms. The van der Waals surface area contributed by atoms with Gasteiger partial charge in [-0.3, -0.25) is 9.78 Å². The van der Waals surface area contributed by atoms with Crippen LogP contribution in [0.25, 0.3) is 0 Å². The van der Waals surface area contributed by atoms with Crippen LogP contribution >= 0.6 is 0 Å². The van der Waals surface area contributed by atoms with Crippen LogP contribution in [-0.2, 0) is 4.79 Å². The van der Waals surface area contributed by atoms with Crippen molar-refractivity contribution in [2.24, 2.45) is 10.2 Å². The number of nitrogens with zero attached hydrogens (tertiary/aromatic N) is 3. The highest BCUT2D eigenvalue weighted by Gasteiger charge is 2.34. The summed E-state index contributed by atoms with van der Waals surface area (Å²) in [6, 6.07) is 3.94. The van der Waals surface area contributed by atoms with E-state index >= 15 is 0 Å². The molecule has 0 spiro atoms. The zero-order valence-electron chi connectivity index (χ0n) is 11.9. The van der Waals surface area contributed by atoms with Crippen molar-refractivity contribution in [1.29, 1.82) is 0 Å². The smallest absolute Gasteiger partial charge is 0.159 e. The third-order valence-electron chi connectivity index (χ3n) is 4.62. The number of aromatic nitrogens is 1. The number of Topliss-reactive ketones (excluding diaryl/α,β-unsaturated/α-hetero) is 1. The quantitative estimate of drug-likeness (QED) is 0.777. The van der Waals surface area contributed by atoms with Crippen LogP contribution in [0.3, 0.4) is 0 Å². The van der Waals surface area contributed by atoms with E-state index in [0.717, 1.165) is 48.9 Å². The average Bonchev–Trinajstić information content (AvgIpc) is 2.87. The first-order chi connectivity index (χ1) is 10.3. The van der Waals surface area contributed by atoms with Crippen molar-refractivity contribution in [3.8, 4) is 0 Å². The molecule has 0 radical (unpaired) electrons. The molecule has 0 saturated carbocycles. The Labute approximate surface area is 123 Å². The SMILES string of the molecule is O=C1CCCCC2=C1CCC1=C2C(c2ccncc2)N=N1. The van der Waals surface area contributed by atoms with Crippen molar-refractivity contribution in [3.63, 3.8) is 0 Å². The zero-order valence-corrected chi connectivity index (χ0v) is 11.9. The summed E-state index contributed by atoms with van der Waals surface area (Å²) < 4.78 is 0. The molecule has 1 aromatic rings. The zero-order chi connectivity index (χ0) is 14.2. The highest BCUT2D eigenvalue weighted by molar-refractivity contribution is 5.97. The molecule has 21 heavy (non-hydrogen) atoms. The number of hydrogen-bond donors (Lipinski definition) is 0. The first kappa shape index (κ1) is 12.6. The van der Waals surface area contributed by atoms with Crippen LogP contribution in [0.2, 0.25) is 0 Å². The van der Waals surface area contributed by atoms with Gasteiger partial charge in [-0.1, -0.05) is 0 Å². The molecule has 0 amide bonds. The second-order valence-electron chi connectivity index (χ2n) is 5.85. The Kier molecular flexibility index (Phi) is 3.02. The third kappa shape index (κ3) is 2.06. The molecule has 1 unspecified atom stereocenters. The van der Waals surface area contributed by atoms with E-state index in [1.54, 1.807) is 12.4 Å². The Morgan fingerprint density at radius 2 is 1.76 bits per heavy atom. The van der Waals surface area contributed by atoms with Crippen molar-refractivity contribution < 1.29 is 4.79 Å². The summed E-state index contributed by atoms with van der Waals surface area (Å²) in [7, 11) is 0. The number of allylic oxidation sites excluding steroid dienone is 2. The summed E-state index contributed by atoms with van der Waals surface area (Å²) in [6.45, 7) is 0. The van der Waals surface area contributed by atoms with Crippen LogP contribution in [0, 0.1) is 0 Å². The molecular formula is C17H17N3O. The van der Waals surface area contributed by atoms with E-state index in [9.17, 15) is 4.79 Å². The van der Waals surface area contributed by atoms with Gasteiger partial charge in [-0.2, -0.15) is 10.2 Å². The number of azo groups is 1. The van der Waals surface area contributed by atoms with Gasteiger partial charge in [0, 0.05) is 24.4 Å². The lowest BCUT2D eigenvalue weighted by molar-refractivity contribution is -0.115. The van der Waals surface area contributed by atoms with Crippen LogP contribution in [0.4, 0.5) is 0 Å². The topological polar surface area (TPSA) is 54.7 Å². The lowest BCUT2D eigenvalue weighted by Crippen LogP contribution is -2.12. The van der Waals surface area contributed by atoms with Crippen molar-refractivity contribution in [2.45, 2.75) is 44.6 Å². The molecule has 3 aliphatic rings. The summed E-state index contributed by atoms with van der Waals surface area (Å²) in [6.07, 6.45) is 9.06. The van der Waals surface area contributed by atoms with Crippen molar-refractivity contribution >= 4 is 5.78 Å². The maximum Gasteiger partial charge on any atom is 0.159 e. The summed E-state index contributed by atoms with van der Waals surface area (Å²) in [5.41, 5.74) is 5.70. The minimum Gasteiger partial charge on any atom is -0.295 e.